The number of unbranched alkanes of at least 4 members (excludes halogenated alkanes) is 2. The minimum atomic E-state index is -1.08. The fourth-order valence-corrected chi connectivity index (χ4v) is 1.99. The van der Waals surface area contributed by atoms with E-state index in [9.17, 15) is 14.4 Å². The Labute approximate surface area is 133 Å². The van der Waals surface area contributed by atoms with Crippen LogP contribution < -0.4 is 5.48 Å². The number of carbonyl (C=O) groups is 3. The molecule has 0 fully saturated rings. The highest BCUT2D eigenvalue weighted by Crippen LogP contribution is 2.18. The van der Waals surface area contributed by atoms with Crippen molar-refractivity contribution in [1.82, 2.24) is 10.5 Å². The molecule has 0 bridgehead atoms. The summed E-state index contributed by atoms with van der Waals surface area (Å²) in [6, 6.07) is 6.64. The van der Waals surface area contributed by atoms with Crippen LogP contribution in [0.4, 0.5) is 0 Å². The molecule has 2 rings (SSSR count). The van der Waals surface area contributed by atoms with E-state index < -0.39 is 12.0 Å². The number of hydroxylamine groups is 1. The maximum absolute atomic E-state index is 10.8. The predicted octanol–water partition coefficient (Wildman–Crippen LogP) is 1.70. The van der Waals surface area contributed by atoms with E-state index in [0.29, 0.717) is 19.3 Å². The number of aromatic nitrogens is 1. The molecule has 0 aliphatic rings. The van der Waals surface area contributed by atoms with Gasteiger partial charge in [0.25, 0.3) is 0 Å². The van der Waals surface area contributed by atoms with E-state index in [4.69, 9.17) is 10.3 Å². The van der Waals surface area contributed by atoms with Crippen molar-refractivity contribution in [1.29, 1.82) is 0 Å². The Morgan fingerprint density at radius 2 is 1.87 bits per heavy atom. The van der Waals surface area contributed by atoms with Gasteiger partial charge >= 0.3 is 5.97 Å². The Morgan fingerprint density at radius 3 is 2.43 bits per heavy atom. The molecule has 23 heavy (non-hydrogen) atoms. The molecule has 1 aromatic carbocycles. The normalized spacial score (nSPS) is 11.3. The van der Waals surface area contributed by atoms with Gasteiger partial charge in [-0.2, -0.15) is 5.48 Å². The van der Waals surface area contributed by atoms with Gasteiger partial charge in [0, 0.05) is 36.4 Å². The van der Waals surface area contributed by atoms with Crippen LogP contribution in [0, 0.1) is 0 Å². The molecular formula is C16H20N2O5. The van der Waals surface area contributed by atoms with Crippen LogP contribution >= 0.6 is 0 Å². The van der Waals surface area contributed by atoms with Crippen molar-refractivity contribution >= 4 is 29.4 Å². The minimum Gasteiger partial charge on any atom is -0.480 e. The lowest BCUT2D eigenvalue weighted by atomic mass is 10.1. The molecule has 0 aliphatic heterocycles. The summed E-state index contributed by atoms with van der Waals surface area (Å²) in [5.74, 6) is -1.08. The Bertz CT molecular complexity index is 630. The summed E-state index contributed by atoms with van der Waals surface area (Å²) >= 11 is 0. The molecule has 0 radical (unpaired) electrons. The number of rotatable bonds is 8. The number of aromatic amines is 1. The lowest BCUT2D eigenvalue weighted by Gasteiger charge is -2.08. The minimum absolute atomic E-state index is 0.232. The summed E-state index contributed by atoms with van der Waals surface area (Å²) < 4.78 is 0. The first kappa shape index (κ1) is 18.5. The first-order valence-corrected chi connectivity index (χ1v) is 7.18. The third-order valence-corrected chi connectivity index (χ3v) is 3.20. The number of benzene rings is 1. The van der Waals surface area contributed by atoms with Crippen molar-refractivity contribution in [3.8, 4) is 0 Å². The first-order chi connectivity index (χ1) is 11.1. The van der Waals surface area contributed by atoms with E-state index in [1.165, 1.54) is 0 Å². The van der Waals surface area contributed by atoms with Crippen molar-refractivity contribution < 1.29 is 24.7 Å². The van der Waals surface area contributed by atoms with Crippen LogP contribution in [0.5, 0.6) is 0 Å². The Kier molecular flexibility index (Phi) is 8.27. The second-order valence-electron chi connectivity index (χ2n) is 4.85. The molecule has 0 unspecified atom stereocenters. The number of hydrogen-bond acceptors (Lipinski definition) is 5. The molecule has 7 nitrogen and oxygen atoms in total. The molecular weight excluding hydrogens is 300 g/mol. The summed E-state index contributed by atoms with van der Waals surface area (Å²) in [5.41, 5.74) is 3.61. The zero-order chi connectivity index (χ0) is 17.1. The number of aliphatic carboxylic acids is 1. The quantitative estimate of drug-likeness (QED) is 0.334. The lowest BCUT2D eigenvalue weighted by molar-refractivity contribution is -0.142. The lowest BCUT2D eigenvalue weighted by Crippen LogP contribution is -2.36. The van der Waals surface area contributed by atoms with Gasteiger partial charge in [-0.15, -0.1) is 0 Å². The van der Waals surface area contributed by atoms with Gasteiger partial charge in [-0.3, -0.25) is 4.79 Å². The summed E-state index contributed by atoms with van der Waals surface area (Å²) in [5, 5.41) is 18.5. The number of carbonyl (C=O) groups excluding carboxylic acids is 2. The molecule has 1 aromatic heterocycles. The maximum Gasteiger partial charge on any atom is 0.323 e. The Morgan fingerprint density at radius 1 is 1.22 bits per heavy atom. The smallest absolute Gasteiger partial charge is 0.323 e. The average molecular weight is 320 g/mol. The SMILES string of the molecule is O=C(O)[C@H](Cc1c[nH]c2ccccc12)NO.O=CCCCC=O. The molecule has 0 saturated heterocycles. The van der Waals surface area contributed by atoms with Gasteiger partial charge in [-0.25, -0.2) is 0 Å². The van der Waals surface area contributed by atoms with Gasteiger partial charge in [-0.1, -0.05) is 18.2 Å². The van der Waals surface area contributed by atoms with Crippen LogP contribution in [0.2, 0.25) is 0 Å². The van der Waals surface area contributed by atoms with E-state index in [2.05, 4.69) is 4.98 Å². The topological polar surface area (TPSA) is 119 Å². The molecule has 4 N–H and O–H groups in total. The fraction of sp³-hybridized carbons (Fsp3) is 0.312. The number of H-pyrrole nitrogens is 1. The molecule has 124 valence electrons. The molecule has 1 heterocycles. The number of carboxylic acids is 1. The van der Waals surface area contributed by atoms with Gasteiger partial charge in [-0.05, 0) is 18.1 Å². The van der Waals surface area contributed by atoms with Crippen molar-refractivity contribution in [2.45, 2.75) is 31.7 Å². The number of nitrogens with one attached hydrogen (secondary N) is 2. The zero-order valence-electron chi connectivity index (χ0n) is 12.6. The number of aldehydes is 2. The molecule has 1 atom stereocenters. The molecule has 7 heteroatoms. The number of carboxylic acid groups (broad SMARTS) is 1. The van der Waals surface area contributed by atoms with Gasteiger partial charge in [0.05, 0.1) is 0 Å². The van der Waals surface area contributed by atoms with Crippen LogP contribution in [0.1, 0.15) is 24.8 Å². The molecule has 0 spiro atoms. The maximum atomic E-state index is 10.8. The highest BCUT2D eigenvalue weighted by Gasteiger charge is 2.18. The van der Waals surface area contributed by atoms with E-state index in [0.717, 1.165) is 29.0 Å². The van der Waals surface area contributed by atoms with Gasteiger partial charge < -0.3 is 24.9 Å². The van der Waals surface area contributed by atoms with Crippen molar-refractivity contribution in [3.05, 3.63) is 36.0 Å². The van der Waals surface area contributed by atoms with Gasteiger partial charge in [0.2, 0.25) is 0 Å². The number of para-hydroxylation sites is 1. The van der Waals surface area contributed by atoms with Crippen LogP contribution in [-0.2, 0) is 20.8 Å². The van der Waals surface area contributed by atoms with Crippen LogP contribution in [0.25, 0.3) is 10.9 Å². The molecule has 0 saturated carbocycles. The zero-order valence-corrected chi connectivity index (χ0v) is 12.6. The van der Waals surface area contributed by atoms with Crippen LogP contribution in [-0.4, -0.2) is 39.9 Å². The van der Waals surface area contributed by atoms with Crippen molar-refractivity contribution in [3.63, 3.8) is 0 Å². The second kappa shape index (κ2) is 10.3. The van der Waals surface area contributed by atoms with Crippen molar-refractivity contribution in [2.75, 3.05) is 0 Å². The summed E-state index contributed by atoms with van der Waals surface area (Å²) in [6.45, 7) is 0. The summed E-state index contributed by atoms with van der Waals surface area (Å²) in [7, 11) is 0. The van der Waals surface area contributed by atoms with E-state index in [-0.39, 0.29) is 6.42 Å². The largest absolute Gasteiger partial charge is 0.480 e. The van der Waals surface area contributed by atoms with Gasteiger partial charge in [0.1, 0.15) is 18.6 Å². The fourth-order valence-electron chi connectivity index (χ4n) is 1.99. The second-order valence-corrected chi connectivity index (χ2v) is 4.85. The van der Waals surface area contributed by atoms with E-state index in [1.807, 2.05) is 24.3 Å². The summed E-state index contributed by atoms with van der Waals surface area (Å²) in [4.78, 5) is 32.9. The monoisotopic (exact) mass is 320 g/mol. The third-order valence-electron chi connectivity index (χ3n) is 3.20. The molecule has 2 aromatic rings. The first-order valence-electron chi connectivity index (χ1n) is 7.18. The highest BCUT2D eigenvalue weighted by atomic mass is 16.5. The third kappa shape index (κ3) is 6.01. The summed E-state index contributed by atoms with van der Waals surface area (Å²) in [6.07, 6.45) is 5.37. The Hall–Kier alpha value is -2.51. The average Bonchev–Trinajstić information content (AvgIpc) is 2.96. The highest BCUT2D eigenvalue weighted by molar-refractivity contribution is 5.84. The van der Waals surface area contributed by atoms with Crippen LogP contribution in [0.3, 0.4) is 0 Å². The molecule has 0 amide bonds. The van der Waals surface area contributed by atoms with Crippen molar-refractivity contribution in [2.24, 2.45) is 0 Å². The number of hydrogen-bond donors (Lipinski definition) is 4. The van der Waals surface area contributed by atoms with E-state index >= 15 is 0 Å². The Balaban J connectivity index is 0.000000322. The molecule has 0 aliphatic carbocycles. The van der Waals surface area contributed by atoms with Crippen LogP contribution in [0.15, 0.2) is 30.5 Å². The van der Waals surface area contributed by atoms with Gasteiger partial charge in [0.15, 0.2) is 0 Å². The van der Waals surface area contributed by atoms with E-state index in [1.54, 1.807) is 11.7 Å². The predicted molar refractivity (Wildman–Crippen MR) is 84.3 cm³/mol. The number of fused-ring (bicyclic) bond motifs is 1. The standard InChI is InChI=1S/C11H12N2O3.C5H8O2/c14-11(15)10(13-16)5-7-6-12-9-4-2-1-3-8(7)9;6-4-2-1-3-5-7/h1-4,6,10,12-13,16H,5H2,(H,14,15);4-5H,1-3H2/t10-;/m0./s1.